The second-order valence-corrected chi connectivity index (χ2v) is 6.23. The summed E-state index contributed by atoms with van der Waals surface area (Å²) in [6.45, 7) is 8.03. The zero-order valence-electron chi connectivity index (χ0n) is 15.7. The monoisotopic (exact) mass is 362 g/mol. The number of carbonyl (C=O) groups is 1. The molecule has 0 bridgehead atoms. The molecular formula is C19H30N4O3. The van der Waals surface area contributed by atoms with Crippen LogP contribution in [-0.4, -0.2) is 56.2 Å². The molecule has 1 unspecified atom stereocenters. The maximum absolute atomic E-state index is 12.1. The summed E-state index contributed by atoms with van der Waals surface area (Å²) in [7, 11) is 0. The van der Waals surface area contributed by atoms with Crippen molar-refractivity contribution in [3.05, 3.63) is 29.8 Å². The van der Waals surface area contributed by atoms with E-state index in [2.05, 4.69) is 10.3 Å². The van der Waals surface area contributed by atoms with Crippen molar-refractivity contribution in [1.29, 1.82) is 0 Å². The minimum Gasteiger partial charge on any atom is -0.494 e. The molecule has 0 aromatic heterocycles. The number of nitrogens with two attached hydrogens (primary N) is 1. The van der Waals surface area contributed by atoms with Gasteiger partial charge in [-0.1, -0.05) is 12.1 Å². The van der Waals surface area contributed by atoms with Gasteiger partial charge in [0.15, 0.2) is 5.96 Å². The molecule has 1 aliphatic heterocycles. The highest BCUT2D eigenvalue weighted by Gasteiger charge is 2.12. The van der Waals surface area contributed by atoms with Crippen molar-refractivity contribution in [3.8, 4) is 5.75 Å². The molecule has 1 atom stereocenters. The molecule has 144 valence electrons. The quantitative estimate of drug-likeness (QED) is 0.417. The second-order valence-electron chi connectivity index (χ2n) is 6.23. The number of morpholine rings is 1. The molecule has 1 heterocycles. The Labute approximate surface area is 155 Å². The summed E-state index contributed by atoms with van der Waals surface area (Å²) in [6.07, 6.45) is 1.11. The molecular weight excluding hydrogens is 332 g/mol. The van der Waals surface area contributed by atoms with E-state index in [0.717, 1.165) is 24.4 Å². The number of ether oxygens (including phenoxy) is 2. The lowest BCUT2D eigenvalue weighted by atomic mass is 10.1. The van der Waals surface area contributed by atoms with Crippen molar-refractivity contribution < 1.29 is 14.3 Å². The van der Waals surface area contributed by atoms with Crippen LogP contribution in [0.3, 0.4) is 0 Å². The highest BCUT2D eigenvalue weighted by molar-refractivity contribution is 5.78. The lowest BCUT2D eigenvalue weighted by molar-refractivity contribution is -0.121. The summed E-state index contributed by atoms with van der Waals surface area (Å²) in [5, 5.41) is 3.01. The number of rotatable bonds is 8. The normalized spacial score (nSPS) is 16.2. The summed E-state index contributed by atoms with van der Waals surface area (Å²) in [5.74, 6) is 1.40. The zero-order valence-corrected chi connectivity index (χ0v) is 15.7. The van der Waals surface area contributed by atoms with Crippen LogP contribution in [0.1, 0.15) is 38.3 Å². The minimum atomic E-state index is -0.0416. The molecule has 26 heavy (non-hydrogen) atoms. The molecule has 7 heteroatoms. The summed E-state index contributed by atoms with van der Waals surface area (Å²) in [4.78, 5) is 18.5. The highest BCUT2D eigenvalue weighted by Crippen LogP contribution is 2.17. The van der Waals surface area contributed by atoms with Crippen LogP contribution < -0.4 is 15.8 Å². The van der Waals surface area contributed by atoms with Gasteiger partial charge in [-0.15, -0.1) is 0 Å². The maximum atomic E-state index is 12.1. The molecule has 1 aliphatic rings. The number of hydrogen-bond acceptors (Lipinski definition) is 4. The van der Waals surface area contributed by atoms with E-state index in [-0.39, 0.29) is 11.9 Å². The maximum Gasteiger partial charge on any atom is 0.220 e. The summed E-state index contributed by atoms with van der Waals surface area (Å²) in [6, 6.07) is 7.75. The van der Waals surface area contributed by atoms with Gasteiger partial charge in [-0.3, -0.25) is 9.79 Å². The van der Waals surface area contributed by atoms with E-state index in [1.165, 1.54) is 0 Å². The Morgan fingerprint density at radius 3 is 2.69 bits per heavy atom. The fraction of sp³-hybridized carbons (Fsp3) is 0.579. The molecule has 1 aromatic carbocycles. The van der Waals surface area contributed by atoms with E-state index >= 15 is 0 Å². The number of carbonyl (C=O) groups excluding carboxylic acids is 1. The fourth-order valence-electron chi connectivity index (χ4n) is 2.74. The SMILES string of the molecule is CCOc1ccc(C(C)NC(=O)CCCN=C(N)N2CCOCC2)cc1. The zero-order chi connectivity index (χ0) is 18.8. The Kier molecular flexibility index (Phi) is 8.21. The van der Waals surface area contributed by atoms with Gasteiger partial charge in [0.2, 0.25) is 5.91 Å². The molecule has 1 aromatic rings. The number of hydrogen-bond donors (Lipinski definition) is 2. The van der Waals surface area contributed by atoms with Gasteiger partial charge in [-0.25, -0.2) is 0 Å². The number of amides is 1. The third kappa shape index (κ3) is 6.55. The number of nitrogens with zero attached hydrogens (tertiary/aromatic N) is 2. The molecule has 1 amide bonds. The predicted molar refractivity (Wildman–Crippen MR) is 102 cm³/mol. The van der Waals surface area contributed by atoms with Crippen molar-refractivity contribution in [2.75, 3.05) is 39.5 Å². The van der Waals surface area contributed by atoms with Gasteiger partial charge >= 0.3 is 0 Å². The third-order valence-electron chi connectivity index (χ3n) is 4.24. The van der Waals surface area contributed by atoms with Crippen LogP contribution in [0.4, 0.5) is 0 Å². The molecule has 0 aliphatic carbocycles. The van der Waals surface area contributed by atoms with Gasteiger partial charge in [0.05, 0.1) is 25.9 Å². The molecule has 2 rings (SSSR count). The van der Waals surface area contributed by atoms with E-state index in [1.807, 2.05) is 43.0 Å². The first-order chi connectivity index (χ1) is 12.6. The molecule has 3 N–H and O–H groups in total. The van der Waals surface area contributed by atoms with Crippen molar-refractivity contribution in [2.45, 2.75) is 32.7 Å². The van der Waals surface area contributed by atoms with Crippen molar-refractivity contribution in [2.24, 2.45) is 10.7 Å². The van der Waals surface area contributed by atoms with Gasteiger partial charge in [-0.2, -0.15) is 0 Å². The number of benzene rings is 1. The Morgan fingerprint density at radius 2 is 2.04 bits per heavy atom. The van der Waals surface area contributed by atoms with Gasteiger partial charge in [0.1, 0.15) is 5.75 Å². The average Bonchev–Trinajstić information content (AvgIpc) is 2.66. The largest absolute Gasteiger partial charge is 0.494 e. The average molecular weight is 362 g/mol. The lowest BCUT2D eigenvalue weighted by Gasteiger charge is -2.27. The van der Waals surface area contributed by atoms with Gasteiger partial charge < -0.3 is 25.4 Å². The summed E-state index contributed by atoms with van der Waals surface area (Å²) >= 11 is 0. The molecule has 1 saturated heterocycles. The van der Waals surface area contributed by atoms with Gasteiger partial charge in [0.25, 0.3) is 0 Å². The lowest BCUT2D eigenvalue weighted by Crippen LogP contribution is -2.44. The Bertz CT molecular complexity index is 583. The van der Waals surface area contributed by atoms with Crippen LogP contribution in [-0.2, 0) is 9.53 Å². The molecule has 0 spiro atoms. The van der Waals surface area contributed by atoms with Crippen molar-refractivity contribution >= 4 is 11.9 Å². The first-order valence-electron chi connectivity index (χ1n) is 9.25. The second kappa shape index (κ2) is 10.7. The smallest absolute Gasteiger partial charge is 0.220 e. The van der Waals surface area contributed by atoms with Crippen LogP contribution in [0.15, 0.2) is 29.3 Å². The van der Waals surface area contributed by atoms with Crippen LogP contribution in [0, 0.1) is 0 Å². The van der Waals surface area contributed by atoms with Crippen LogP contribution in [0.25, 0.3) is 0 Å². The van der Waals surface area contributed by atoms with Crippen LogP contribution in [0.5, 0.6) is 5.75 Å². The topological polar surface area (TPSA) is 89.2 Å². The highest BCUT2D eigenvalue weighted by atomic mass is 16.5. The first-order valence-corrected chi connectivity index (χ1v) is 9.25. The summed E-state index contributed by atoms with van der Waals surface area (Å²) < 4.78 is 10.7. The Balaban J connectivity index is 1.69. The van der Waals surface area contributed by atoms with Crippen molar-refractivity contribution in [1.82, 2.24) is 10.2 Å². The fourth-order valence-corrected chi connectivity index (χ4v) is 2.74. The van der Waals surface area contributed by atoms with Gasteiger partial charge in [-0.05, 0) is 38.0 Å². The predicted octanol–water partition coefficient (Wildman–Crippen LogP) is 1.69. The van der Waals surface area contributed by atoms with Crippen molar-refractivity contribution in [3.63, 3.8) is 0 Å². The van der Waals surface area contributed by atoms with E-state index in [0.29, 0.717) is 45.2 Å². The number of guanidine groups is 1. The molecule has 7 nitrogen and oxygen atoms in total. The standard InChI is InChI=1S/C19H30N4O3/c1-3-26-17-8-6-16(7-9-17)15(2)22-18(24)5-4-10-21-19(20)23-11-13-25-14-12-23/h6-9,15H,3-5,10-14H2,1-2H3,(H2,20,21)(H,22,24). The van der Waals surface area contributed by atoms with Crippen LogP contribution >= 0.6 is 0 Å². The Hall–Kier alpha value is -2.28. The summed E-state index contributed by atoms with van der Waals surface area (Å²) in [5.41, 5.74) is 7.02. The molecule has 0 radical (unpaired) electrons. The third-order valence-corrected chi connectivity index (χ3v) is 4.24. The number of nitrogens with one attached hydrogen (secondary N) is 1. The molecule has 0 saturated carbocycles. The minimum absolute atomic E-state index is 0.0199. The van der Waals surface area contributed by atoms with Gasteiger partial charge in [0, 0.05) is 26.1 Å². The number of aliphatic imine (C=N–C) groups is 1. The first kappa shape index (κ1) is 20.0. The Morgan fingerprint density at radius 1 is 1.35 bits per heavy atom. The van der Waals surface area contributed by atoms with E-state index in [4.69, 9.17) is 15.2 Å². The van der Waals surface area contributed by atoms with E-state index < -0.39 is 0 Å². The van der Waals surface area contributed by atoms with Crippen LogP contribution in [0.2, 0.25) is 0 Å². The van der Waals surface area contributed by atoms with E-state index in [9.17, 15) is 4.79 Å². The molecule has 1 fully saturated rings. The van der Waals surface area contributed by atoms with E-state index in [1.54, 1.807) is 0 Å².